The van der Waals surface area contributed by atoms with Crippen molar-refractivity contribution in [2.24, 2.45) is 0 Å². The average Bonchev–Trinajstić information content (AvgIpc) is 2.52. The van der Waals surface area contributed by atoms with Crippen LogP contribution in [0.2, 0.25) is 0 Å². The van der Waals surface area contributed by atoms with Gasteiger partial charge in [0.1, 0.15) is 0 Å². The molecule has 1 amide bonds. The van der Waals surface area contributed by atoms with Crippen molar-refractivity contribution in [2.75, 3.05) is 4.90 Å². The van der Waals surface area contributed by atoms with E-state index in [1.807, 2.05) is 30.3 Å². The molecule has 0 aromatic heterocycles. The summed E-state index contributed by atoms with van der Waals surface area (Å²) in [4.78, 5) is 22.8. The minimum Gasteiger partial charge on any atom is -0.465 e. The highest BCUT2D eigenvalue weighted by molar-refractivity contribution is 5.88. The third-order valence-corrected chi connectivity index (χ3v) is 3.43. The minimum absolute atomic E-state index is 0.208. The predicted molar refractivity (Wildman–Crippen MR) is 87.9 cm³/mol. The fourth-order valence-electron chi connectivity index (χ4n) is 2.28. The van der Waals surface area contributed by atoms with Crippen LogP contribution in [-0.2, 0) is 6.54 Å². The van der Waals surface area contributed by atoms with Crippen LogP contribution in [0.3, 0.4) is 0 Å². The van der Waals surface area contributed by atoms with Crippen molar-refractivity contribution in [1.29, 1.82) is 0 Å². The Morgan fingerprint density at radius 2 is 1.91 bits per heavy atom. The topological polar surface area (TPSA) is 83.7 Å². The number of carbonyl (C=O) groups is 1. The van der Waals surface area contributed by atoms with Gasteiger partial charge in [-0.25, -0.2) is 4.79 Å². The fourth-order valence-corrected chi connectivity index (χ4v) is 2.28. The quantitative estimate of drug-likeness (QED) is 0.669. The standard InChI is InChI=1S/C17H16N2O4/c1-13-15(10-11-19(22)23)8-5-9-16(13)18(17(20)21)12-14-6-3-2-4-7-14/h2-11H,12H2,1H3,(H,20,21). The van der Waals surface area contributed by atoms with Crippen molar-refractivity contribution in [1.82, 2.24) is 0 Å². The third-order valence-electron chi connectivity index (χ3n) is 3.43. The summed E-state index contributed by atoms with van der Waals surface area (Å²) in [6.45, 7) is 1.95. The van der Waals surface area contributed by atoms with Crippen LogP contribution in [0.25, 0.3) is 6.08 Å². The van der Waals surface area contributed by atoms with Crippen LogP contribution >= 0.6 is 0 Å². The molecule has 2 aromatic carbocycles. The molecule has 6 nitrogen and oxygen atoms in total. The van der Waals surface area contributed by atoms with Crippen molar-refractivity contribution >= 4 is 17.9 Å². The second kappa shape index (κ2) is 7.22. The van der Waals surface area contributed by atoms with Gasteiger partial charge in [-0.2, -0.15) is 0 Å². The molecule has 6 heteroatoms. The van der Waals surface area contributed by atoms with E-state index in [0.717, 1.165) is 11.8 Å². The highest BCUT2D eigenvalue weighted by atomic mass is 16.6. The van der Waals surface area contributed by atoms with Crippen LogP contribution in [0, 0.1) is 17.0 Å². The molecule has 23 heavy (non-hydrogen) atoms. The maximum Gasteiger partial charge on any atom is 0.412 e. The number of amides is 1. The zero-order chi connectivity index (χ0) is 16.8. The average molecular weight is 312 g/mol. The molecule has 0 atom stereocenters. The summed E-state index contributed by atoms with van der Waals surface area (Å²) in [6.07, 6.45) is 1.13. The first-order chi connectivity index (χ1) is 11.0. The molecule has 118 valence electrons. The summed E-state index contributed by atoms with van der Waals surface area (Å²) in [5.74, 6) is 0. The van der Waals surface area contributed by atoms with Crippen LogP contribution in [0.1, 0.15) is 16.7 Å². The van der Waals surface area contributed by atoms with Gasteiger partial charge in [0, 0.05) is 6.08 Å². The molecule has 2 aromatic rings. The number of nitro groups is 1. The lowest BCUT2D eigenvalue weighted by Crippen LogP contribution is -2.29. The van der Waals surface area contributed by atoms with Crippen molar-refractivity contribution in [2.45, 2.75) is 13.5 Å². The van der Waals surface area contributed by atoms with E-state index in [9.17, 15) is 20.0 Å². The molecule has 0 saturated carbocycles. The zero-order valence-corrected chi connectivity index (χ0v) is 12.5. The molecule has 0 unspecified atom stereocenters. The minimum atomic E-state index is -1.08. The molecule has 0 radical (unpaired) electrons. The van der Waals surface area contributed by atoms with Crippen LogP contribution in [-0.4, -0.2) is 16.1 Å². The Bertz CT molecular complexity index is 742. The molecule has 0 aliphatic rings. The predicted octanol–water partition coefficient (Wildman–Crippen LogP) is 3.93. The van der Waals surface area contributed by atoms with Crippen molar-refractivity contribution < 1.29 is 14.8 Å². The number of benzene rings is 2. The Morgan fingerprint density at radius 3 is 2.52 bits per heavy atom. The van der Waals surface area contributed by atoms with Gasteiger partial charge < -0.3 is 5.11 Å². The number of hydrogen-bond acceptors (Lipinski definition) is 3. The van der Waals surface area contributed by atoms with E-state index < -0.39 is 11.0 Å². The number of carboxylic acid groups (broad SMARTS) is 1. The second-order valence-corrected chi connectivity index (χ2v) is 4.95. The Kier molecular flexibility index (Phi) is 5.09. The molecular weight excluding hydrogens is 296 g/mol. The Hall–Kier alpha value is -3.15. The fraction of sp³-hybridized carbons (Fsp3) is 0.118. The first-order valence-corrected chi connectivity index (χ1v) is 6.94. The molecule has 1 N–H and O–H groups in total. The monoisotopic (exact) mass is 312 g/mol. The lowest BCUT2D eigenvalue weighted by molar-refractivity contribution is -0.400. The van der Waals surface area contributed by atoms with Gasteiger partial charge >= 0.3 is 6.09 Å². The summed E-state index contributed by atoms with van der Waals surface area (Å²) < 4.78 is 0. The van der Waals surface area contributed by atoms with Gasteiger partial charge in [0.15, 0.2) is 0 Å². The third kappa shape index (κ3) is 4.16. The summed E-state index contributed by atoms with van der Waals surface area (Å²) in [5, 5.41) is 20.0. The number of rotatable bonds is 5. The smallest absolute Gasteiger partial charge is 0.412 e. The van der Waals surface area contributed by atoms with E-state index in [1.54, 1.807) is 25.1 Å². The van der Waals surface area contributed by atoms with Gasteiger partial charge in [-0.15, -0.1) is 0 Å². The molecule has 0 spiro atoms. The van der Waals surface area contributed by atoms with E-state index >= 15 is 0 Å². The zero-order valence-electron chi connectivity index (χ0n) is 12.5. The SMILES string of the molecule is Cc1c(C=C[N+](=O)[O-])cccc1N(Cc1ccccc1)C(=O)O. The molecule has 0 aliphatic heterocycles. The lowest BCUT2D eigenvalue weighted by Gasteiger charge is -2.22. The van der Waals surface area contributed by atoms with Gasteiger partial charge in [0.05, 0.1) is 17.2 Å². The first-order valence-electron chi connectivity index (χ1n) is 6.94. The molecule has 0 aliphatic carbocycles. The van der Waals surface area contributed by atoms with Crippen molar-refractivity contribution in [3.05, 3.63) is 81.5 Å². The van der Waals surface area contributed by atoms with Crippen molar-refractivity contribution in [3.8, 4) is 0 Å². The first kappa shape index (κ1) is 16.2. The van der Waals surface area contributed by atoms with Gasteiger partial charge in [-0.3, -0.25) is 15.0 Å². The molecule has 2 rings (SSSR count). The molecule has 0 bridgehead atoms. The Labute approximate surface area is 133 Å². The van der Waals surface area contributed by atoms with E-state index in [0.29, 0.717) is 16.8 Å². The largest absolute Gasteiger partial charge is 0.465 e. The normalized spacial score (nSPS) is 10.7. The Balaban J connectivity index is 2.38. The van der Waals surface area contributed by atoms with Crippen molar-refractivity contribution in [3.63, 3.8) is 0 Å². The van der Waals surface area contributed by atoms with Gasteiger partial charge in [0.25, 0.3) is 0 Å². The van der Waals surface area contributed by atoms with Crippen LogP contribution in [0.5, 0.6) is 0 Å². The molecular formula is C17H16N2O4. The maximum atomic E-state index is 11.6. The highest BCUT2D eigenvalue weighted by Gasteiger charge is 2.18. The van der Waals surface area contributed by atoms with E-state index in [4.69, 9.17) is 0 Å². The lowest BCUT2D eigenvalue weighted by atomic mass is 10.1. The van der Waals surface area contributed by atoms with E-state index in [-0.39, 0.29) is 6.54 Å². The van der Waals surface area contributed by atoms with Gasteiger partial charge in [-0.1, -0.05) is 42.5 Å². The summed E-state index contributed by atoms with van der Waals surface area (Å²) >= 11 is 0. The number of anilines is 1. The molecule has 0 fully saturated rings. The molecule has 0 heterocycles. The summed E-state index contributed by atoms with van der Waals surface area (Å²) in [7, 11) is 0. The van der Waals surface area contributed by atoms with E-state index in [1.165, 1.54) is 11.0 Å². The molecule has 0 saturated heterocycles. The van der Waals surface area contributed by atoms with Gasteiger partial charge in [-0.05, 0) is 29.7 Å². The van der Waals surface area contributed by atoms with E-state index in [2.05, 4.69) is 0 Å². The van der Waals surface area contributed by atoms with Crippen LogP contribution in [0.4, 0.5) is 10.5 Å². The Morgan fingerprint density at radius 1 is 1.22 bits per heavy atom. The van der Waals surface area contributed by atoms with Crippen LogP contribution in [0.15, 0.2) is 54.7 Å². The number of hydrogen-bond donors (Lipinski definition) is 1. The van der Waals surface area contributed by atoms with Crippen LogP contribution < -0.4 is 4.90 Å². The maximum absolute atomic E-state index is 11.6. The highest BCUT2D eigenvalue weighted by Crippen LogP contribution is 2.26. The summed E-state index contributed by atoms with van der Waals surface area (Å²) in [5.41, 5.74) is 2.65. The van der Waals surface area contributed by atoms with Gasteiger partial charge in [0.2, 0.25) is 6.20 Å². The second-order valence-electron chi connectivity index (χ2n) is 4.95. The number of nitrogens with zero attached hydrogens (tertiary/aromatic N) is 2. The summed E-state index contributed by atoms with van der Waals surface area (Å²) in [6, 6.07) is 14.3.